The minimum atomic E-state index is -1.30. The zero-order valence-electron chi connectivity index (χ0n) is 15.6. The predicted octanol–water partition coefficient (Wildman–Crippen LogP) is 3.44. The predicted molar refractivity (Wildman–Crippen MR) is 104 cm³/mol. The number of benzene rings is 2. The number of nitrogens with one attached hydrogen (secondary N) is 2. The number of ether oxygens (including phenoxy) is 3. The molecular formula is C19H13Cl2FN2O7. The molecule has 0 radical (unpaired) electrons. The molecule has 2 aliphatic rings. The molecule has 2 aromatic rings. The maximum atomic E-state index is 13.3. The summed E-state index contributed by atoms with van der Waals surface area (Å²) in [6, 6.07) is 8.87. The quantitative estimate of drug-likeness (QED) is 0.704. The second kappa shape index (κ2) is 9.19. The van der Waals surface area contributed by atoms with Crippen LogP contribution in [-0.2, 0) is 19.1 Å². The van der Waals surface area contributed by atoms with Gasteiger partial charge in [-0.1, -0.05) is 35.3 Å². The van der Waals surface area contributed by atoms with Gasteiger partial charge in [0.2, 0.25) is 12.2 Å². The van der Waals surface area contributed by atoms with Gasteiger partial charge in [0, 0.05) is 0 Å². The number of rotatable bonds is 3. The van der Waals surface area contributed by atoms with E-state index in [1.165, 1.54) is 19.2 Å². The minimum Gasteiger partial charge on any atom is -0.496 e. The highest BCUT2D eigenvalue weighted by atomic mass is 35.5. The van der Waals surface area contributed by atoms with Crippen LogP contribution in [0.15, 0.2) is 36.4 Å². The molecule has 4 amide bonds. The van der Waals surface area contributed by atoms with Crippen molar-refractivity contribution in [1.29, 1.82) is 0 Å². The molecule has 2 N–H and O–H groups in total. The second-order valence-corrected chi connectivity index (χ2v) is 6.85. The fraction of sp³-hybridized carbons (Fsp3) is 0.158. The van der Waals surface area contributed by atoms with E-state index in [1.54, 1.807) is 18.2 Å². The first-order valence-corrected chi connectivity index (χ1v) is 9.27. The number of hydrogen-bond acceptors (Lipinski definition) is 7. The molecule has 2 fully saturated rings. The average molecular weight is 471 g/mol. The summed E-state index contributed by atoms with van der Waals surface area (Å²) in [5, 5.41) is 4.28. The van der Waals surface area contributed by atoms with E-state index in [0.717, 1.165) is 6.07 Å². The fourth-order valence-electron chi connectivity index (χ4n) is 2.80. The normalized spacial score (nSPS) is 19.6. The van der Waals surface area contributed by atoms with Crippen molar-refractivity contribution < 1.29 is 37.8 Å². The molecule has 2 aliphatic heterocycles. The lowest BCUT2D eigenvalue weighted by Crippen LogP contribution is -2.21. The molecule has 0 saturated carbocycles. The minimum absolute atomic E-state index is 0.0462. The Morgan fingerprint density at radius 2 is 1.32 bits per heavy atom. The van der Waals surface area contributed by atoms with Crippen molar-refractivity contribution >= 4 is 47.2 Å². The lowest BCUT2D eigenvalue weighted by molar-refractivity contribution is -0.124. The molecule has 0 bridgehead atoms. The Bertz CT molecular complexity index is 1060. The van der Waals surface area contributed by atoms with Crippen LogP contribution in [0.5, 0.6) is 5.75 Å². The summed E-state index contributed by atoms with van der Waals surface area (Å²) in [6.07, 6.45) is -4.02. The van der Waals surface area contributed by atoms with Crippen molar-refractivity contribution in [2.24, 2.45) is 0 Å². The van der Waals surface area contributed by atoms with Gasteiger partial charge in [0.25, 0.3) is 11.8 Å². The Balaban J connectivity index is 0.000000176. The maximum absolute atomic E-state index is 13.3. The van der Waals surface area contributed by atoms with Gasteiger partial charge in [-0.25, -0.2) is 14.0 Å². The van der Waals surface area contributed by atoms with Gasteiger partial charge >= 0.3 is 12.2 Å². The summed E-state index contributed by atoms with van der Waals surface area (Å²) in [7, 11) is 1.45. The van der Waals surface area contributed by atoms with Gasteiger partial charge in [0.05, 0.1) is 28.3 Å². The van der Waals surface area contributed by atoms with Gasteiger partial charge in [0.15, 0.2) is 0 Å². The second-order valence-electron chi connectivity index (χ2n) is 6.04. The first-order chi connectivity index (χ1) is 14.7. The fourth-order valence-corrected chi connectivity index (χ4v) is 3.33. The number of methoxy groups -OCH3 is 1. The average Bonchev–Trinajstić information content (AvgIpc) is 3.21. The van der Waals surface area contributed by atoms with Crippen LogP contribution in [0.2, 0.25) is 10.0 Å². The third kappa shape index (κ3) is 4.70. The first kappa shape index (κ1) is 22.3. The number of alkyl carbamates (subject to hydrolysis) is 2. The Labute approximate surface area is 184 Å². The van der Waals surface area contributed by atoms with E-state index < -0.39 is 42.0 Å². The van der Waals surface area contributed by atoms with Crippen LogP contribution in [-0.4, -0.2) is 31.1 Å². The highest BCUT2D eigenvalue weighted by Crippen LogP contribution is 2.36. The van der Waals surface area contributed by atoms with Gasteiger partial charge < -0.3 is 14.2 Å². The zero-order valence-corrected chi connectivity index (χ0v) is 17.1. The van der Waals surface area contributed by atoms with E-state index in [1.807, 2.05) is 10.6 Å². The van der Waals surface area contributed by atoms with E-state index in [9.17, 15) is 23.6 Å². The number of cyclic esters (lactones) is 2. The summed E-state index contributed by atoms with van der Waals surface area (Å²) >= 11 is 11.7. The third-order valence-corrected chi connectivity index (χ3v) is 4.79. The molecule has 0 aliphatic carbocycles. The summed E-state index contributed by atoms with van der Waals surface area (Å²) in [5.74, 6) is -1.54. The molecule has 0 aromatic heterocycles. The number of amides is 4. The van der Waals surface area contributed by atoms with E-state index in [-0.39, 0.29) is 10.6 Å². The van der Waals surface area contributed by atoms with Gasteiger partial charge in [-0.15, -0.1) is 0 Å². The van der Waals surface area contributed by atoms with Crippen LogP contribution in [0.1, 0.15) is 23.3 Å². The molecular weight excluding hydrogens is 458 g/mol. The monoisotopic (exact) mass is 470 g/mol. The highest BCUT2D eigenvalue weighted by molar-refractivity contribution is 6.32. The van der Waals surface area contributed by atoms with E-state index in [0.29, 0.717) is 16.3 Å². The lowest BCUT2D eigenvalue weighted by Gasteiger charge is -2.13. The van der Waals surface area contributed by atoms with Crippen molar-refractivity contribution in [2.45, 2.75) is 12.2 Å². The van der Waals surface area contributed by atoms with Crippen LogP contribution in [0.3, 0.4) is 0 Å². The van der Waals surface area contributed by atoms with Crippen LogP contribution in [0.25, 0.3) is 0 Å². The Kier molecular flexibility index (Phi) is 6.62. The molecule has 2 atom stereocenters. The molecule has 12 heteroatoms. The van der Waals surface area contributed by atoms with Crippen molar-refractivity contribution in [2.75, 3.05) is 7.11 Å². The van der Waals surface area contributed by atoms with Crippen molar-refractivity contribution in [3.8, 4) is 5.75 Å². The van der Waals surface area contributed by atoms with E-state index in [2.05, 4.69) is 4.74 Å². The summed E-state index contributed by atoms with van der Waals surface area (Å²) < 4.78 is 27.8. The Hall–Kier alpha value is -3.37. The Morgan fingerprint density at radius 3 is 1.77 bits per heavy atom. The molecule has 0 spiro atoms. The molecule has 2 unspecified atom stereocenters. The molecule has 31 heavy (non-hydrogen) atoms. The molecule has 4 rings (SSSR count). The molecule has 2 aromatic carbocycles. The largest absolute Gasteiger partial charge is 0.496 e. The van der Waals surface area contributed by atoms with Crippen LogP contribution >= 0.6 is 23.2 Å². The number of hydrogen-bond donors (Lipinski definition) is 2. The molecule has 9 nitrogen and oxygen atoms in total. The summed E-state index contributed by atoms with van der Waals surface area (Å²) in [6.45, 7) is 0. The van der Waals surface area contributed by atoms with Crippen LogP contribution in [0.4, 0.5) is 14.0 Å². The van der Waals surface area contributed by atoms with Gasteiger partial charge in [-0.2, -0.15) is 0 Å². The highest BCUT2D eigenvalue weighted by Gasteiger charge is 2.37. The van der Waals surface area contributed by atoms with Gasteiger partial charge in [0.1, 0.15) is 11.6 Å². The lowest BCUT2D eigenvalue weighted by atomic mass is 10.1. The number of carbonyl (C=O) groups excluding carboxylic acids is 4. The van der Waals surface area contributed by atoms with Crippen LogP contribution in [0, 0.1) is 5.82 Å². The molecule has 162 valence electrons. The standard InChI is InChI=1S/C10H8ClNO4.C9H5ClFNO3/c1-15-6-4-2-3-5(11)7(6)8-9(13)12-10(14)16-8;10-4-2-1-3-5(11)6(4)7-8(13)12-9(14)15-7/h2-4,8H,1H3,(H,12,13,14);1-3,7H,(H,12,13,14). The van der Waals surface area contributed by atoms with Gasteiger partial charge in [-0.3, -0.25) is 20.2 Å². The molecule has 2 heterocycles. The third-order valence-electron chi connectivity index (χ3n) is 4.13. The summed E-state index contributed by atoms with van der Waals surface area (Å²) in [4.78, 5) is 44.3. The van der Waals surface area contributed by atoms with Crippen molar-refractivity contribution in [3.63, 3.8) is 0 Å². The van der Waals surface area contributed by atoms with E-state index in [4.69, 9.17) is 32.7 Å². The van der Waals surface area contributed by atoms with Crippen molar-refractivity contribution in [3.05, 3.63) is 63.4 Å². The SMILES string of the molecule is COc1cccc(Cl)c1C1OC(=O)NC1=O.O=C1NC(=O)C(c2c(F)cccc2Cl)O1. The first-order valence-electron chi connectivity index (χ1n) is 8.52. The number of imide groups is 2. The van der Waals surface area contributed by atoms with Crippen LogP contribution < -0.4 is 15.4 Å². The van der Waals surface area contributed by atoms with E-state index >= 15 is 0 Å². The summed E-state index contributed by atoms with van der Waals surface area (Å²) in [5.41, 5.74) is 0.234. The smallest absolute Gasteiger partial charge is 0.415 e. The topological polar surface area (TPSA) is 120 Å². The van der Waals surface area contributed by atoms with Crippen molar-refractivity contribution in [1.82, 2.24) is 10.6 Å². The zero-order chi connectivity index (χ0) is 22.7. The Morgan fingerprint density at radius 1 is 0.839 bits per heavy atom. The van der Waals surface area contributed by atoms with Gasteiger partial charge in [-0.05, 0) is 24.3 Å². The number of halogens is 3. The maximum Gasteiger partial charge on any atom is 0.415 e. The number of carbonyl (C=O) groups is 4. The molecule has 2 saturated heterocycles.